The largest absolute Gasteiger partial charge is 0.383 e. The predicted octanol–water partition coefficient (Wildman–Crippen LogP) is 2.16. The van der Waals surface area contributed by atoms with Crippen molar-refractivity contribution in [2.45, 2.75) is 25.7 Å². The Labute approximate surface area is 127 Å². The van der Waals surface area contributed by atoms with E-state index >= 15 is 0 Å². The van der Waals surface area contributed by atoms with Crippen LogP contribution in [0.2, 0.25) is 0 Å². The zero-order valence-corrected chi connectivity index (χ0v) is 13.8. The molecule has 1 aromatic rings. The molecule has 0 aliphatic rings. The molecule has 0 bridgehead atoms. The molecule has 116 valence electrons. The molecular formula is C15H22N2O3S. The number of sulfonamides is 1. The molecule has 0 atom stereocenters. The van der Waals surface area contributed by atoms with Gasteiger partial charge in [-0.15, -0.1) is 0 Å². The lowest BCUT2D eigenvalue weighted by molar-refractivity contribution is 0.175. The molecule has 1 rings (SSSR count). The van der Waals surface area contributed by atoms with Gasteiger partial charge in [0.2, 0.25) is 10.0 Å². The summed E-state index contributed by atoms with van der Waals surface area (Å²) in [7, 11) is -2.02. The molecular weight excluding hydrogens is 288 g/mol. The maximum absolute atomic E-state index is 12.7. The predicted molar refractivity (Wildman–Crippen MR) is 81.4 cm³/mol. The number of rotatable bonds is 7. The summed E-state index contributed by atoms with van der Waals surface area (Å²) in [5, 5.41) is 8.93. The lowest BCUT2D eigenvalue weighted by Crippen LogP contribution is -2.36. The number of ether oxygens (including phenoxy) is 1. The molecule has 0 aromatic heterocycles. The summed E-state index contributed by atoms with van der Waals surface area (Å²) >= 11 is 0. The van der Waals surface area contributed by atoms with Crippen LogP contribution in [0.15, 0.2) is 23.1 Å². The molecule has 0 spiro atoms. The van der Waals surface area contributed by atoms with Crippen molar-refractivity contribution in [3.8, 4) is 6.07 Å². The first-order chi connectivity index (χ1) is 9.82. The van der Waals surface area contributed by atoms with E-state index in [2.05, 4.69) is 0 Å². The standard InChI is InChI=1S/C15H22N2O3S/c1-12(2)11-17(7-8-20-4)21(18,19)15-6-5-14(10-16)13(3)9-15/h5-6,9,12H,7-8,11H2,1-4H3. The van der Waals surface area contributed by atoms with Gasteiger partial charge in [0.15, 0.2) is 0 Å². The third-order valence-electron chi connectivity index (χ3n) is 3.07. The van der Waals surface area contributed by atoms with Crippen LogP contribution in [0.1, 0.15) is 25.0 Å². The zero-order chi connectivity index (χ0) is 16.0. The first kappa shape index (κ1) is 17.6. The highest BCUT2D eigenvalue weighted by atomic mass is 32.2. The van der Waals surface area contributed by atoms with Crippen LogP contribution in [0.3, 0.4) is 0 Å². The van der Waals surface area contributed by atoms with E-state index in [1.165, 1.54) is 10.4 Å². The maximum Gasteiger partial charge on any atom is 0.243 e. The van der Waals surface area contributed by atoms with Gasteiger partial charge in [-0.2, -0.15) is 9.57 Å². The quantitative estimate of drug-likeness (QED) is 0.774. The average Bonchev–Trinajstić information content (AvgIpc) is 2.42. The molecule has 6 heteroatoms. The first-order valence-corrected chi connectivity index (χ1v) is 8.26. The van der Waals surface area contributed by atoms with Gasteiger partial charge < -0.3 is 4.74 Å². The SMILES string of the molecule is COCCN(CC(C)C)S(=O)(=O)c1ccc(C#N)c(C)c1. The third-order valence-corrected chi connectivity index (χ3v) is 4.93. The van der Waals surface area contributed by atoms with Gasteiger partial charge in [-0.05, 0) is 36.6 Å². The Hall–Kier alpha value is -1.42. The summed E-state index contributed by atoms with van der Waals surface area (Å²) in [6.07, 6.45) is 0. The molecule has 0 radical (unpaired) electrons. The smallest absolute Gasteiger partial charge is 0.243 e. The molecule has 0 aliphatic carbocycles. The first-order valence-electron chi connectivity index (χ1n) is 6.82. The summed E-state index contributed by atoms with van der Waals surface area (Å²) in [5.74, 6) is 0.219. The number of methoxy groups -OCH3 is 1. The molecule has 0 aliphatic heterocycles. The van der Waals surface area contributed by atoms with Crippen LogP contribution in [0, 0.1) is 24.2 Å². The monoisotopic (exact) mass is 310 g/mol. The number of hydrogen-bond acceptors (Lipinski definition) is 4. The van der Waals surface area contributed by atoms with Gasteiger partial charge in [-0.3, -0.25) is 0 Å². The number of aryl methyl sites for hydroxylation is 1. The van der Waals surface area contributed by atoms with Crippen molar-refractivity contribution in [1.82, 2.24) is 4.31 Å². The minimum atomic E-state index is -3.57. The molecule has 21 heavy (non-hydrogen) atoms. The second-order valence-electron chi connectivity index (χ2n) is 5.34. The second kappa shape index (κ2) is 7.55. The third kappa shape index (κ3) is 4.53. The number of nitrogens with zero attached hydrogens (tertiary/aromatic N) is 2. The fourth-order valence-electron chi connectivity index (χ4n) is 1.98. The Kier molecular flexibility index (Phi) is 6.34. The van der Waals surface area contributed by atoms with Crippen molar-refractivity contribution in [3.05, 3.63) is 29.3 Å². The van der Waals surface area contributed by atoms with E-state index in [0.717, 1.165) is 0 Å². The van der Waals surface area contributed by atoms with E-state index in [4.69, 9.17) is 10.00 Å². The molecule has 0 amide bonds. The van der Waals surface area contributed by atoms with Gasteiger partial charge in [-0.1, -0.05) is 13.8 Å². The number of benzene rings is 1. The summed E-state index contributed by atoms with van der Waals surface area (Å²) in [4.78, 5) is 0.218. The lowest BCUT2D eigenvalue weighted by Gasteiger charge is -2.24. The number of nitriles is 1. The van der Waals surface area contributed by atoms with Crippen molar-refractivity contribution >= 4 is 10.0 Å². The van der Waals surface area contributed by atoms with Crippen LogP contribution in [0.4, 0.5) is 0 Å². The van der Waals surface area contributed by atoms with Crippen LogP contribution in [0.25, 0.3) is 0 Å². The molecule has 5 nitrogen and oxygen atoms in total. The van der Waals surface area contributed by atoms with Crippen molar-refractivity contribution < 1.29 is 13.2 Å². The van der Waals surface area contributed by atoms with Gasteiger partial charge in [0.05, 0.1) is 23.1 Å². The fourth-order valence-corrected chi connectivity index (χ4v) is 3.65. The van der Waals surface area contributed by atoms with E-state index in [9.17, 15) is 8.42 Å². The average molecular weight is 310 g/mol. The molecule has 0 heterocycles. The van der Waals surface area contributed by atoms with Crippen LogP contribution < -0.4 is 0 Å². The van der Waals surface area contributed by atoms with Crippen LogP contribution in [-0.2, 0) is 14.8 Å². The van der Waals surface area contributed by atoms with Crippen LogP contribution in [-0.4, -0.2) is 39.5 Å². The summed E-state index contributed by atoms with van der Waals surface area (Å²) in [6.45, 7) is 6.78. The Balaban J connectivity index is 3.15. The van der Waals surface area contributed by atoms with Gasteiger partial charge >= 0.3 is 0 Å². The van der Waals surface area contributed by atoms with Crippen molar-refractivity contribution in [1.29, 1.82) is 5.26 Å². The summed E-state index contributed by atoms with van der Waals surface area (Å²) in [6, 6.07) is 6.63. The van der Waals surface area contributed by atoms with Crippen molar-refractivity contribution in [3.63, 3.8) is 0 Å². The molecule has 0 saturated heterocycles. The van der Waals surface area contributed by atoms with Gasteiger partial charge in [-0.25, -0.2) is 8.42 Å². The minimum absolute atomic E-state index is 0.218. The molecule has 0 N–H and O–H groups in total. The molecule has 0 unspecified atom stereocenters. The summed E-state index contributed by atoms with van der Waals surface area (Å²) in [5.41, 5.74) is 1.15. The van der Waals surface area contributed by atoms with Crippen LogP contribution in [0.5, 0.6) is 0 Å². The molecule has 1 aromatic carbocycles. The van der Waals surface area contributed by atoms with Crippen molar-refractivity contribution in [2.24, 2.45) is 5.92 Å². The fraction of sp³-hybridized carbons (Fsp3) is 0.533. The summed E-state index contributed by atoms with van der Waals surface area (Å²) < 4.78 is 31.9. The van der Waals surface area contributed by atoms with E-state index in [0.29, 0.717) is 30.8 Å². The Morgan fingerprint density at radius 2 is 2.05 bits per heavy atom. The Morgan fingerprint density at radius 1 is 1.38 bits per heavy atom. The second-order valence-corrected chi connectivity index (χ2v) is 7.28. The Morgan fingerprint density at radius 3 is 2.52 bits per heavy atom. The lowest BCUT2D eigenvalue weighted by atomic mass is 10.1. The highest BCUT2D eigenvalue weighted by molar-refractivity contribution is 7.89. The van der Waals surface area contributed by atoms with Gasteiger partial charge in [0.25, 0.3) is 0 Å². The number of hydrogen-bond donors (Lipinski definition) is 0. The van der Waals surface area contributed by atoms with E-state index < -0.39 is 10.0 Å². The molecule has 0 saturated carbocycles. The van der Waals surface area contributed by atoms with E-state index in [-0.39, 0.29) is 10.8 Å². The van der Waals surface area contributed by atoms with Crippen LogP contribution >= 0.6 is 0 Å². The highest BCUT2D eigenvalue weighted by Crippen LogP contribution is 2.20. The van der Waals surface area contributed by atoms with E-state index in [1.807, 2.05) is 19.9 Å². The molecule has 0 fully saturated rings. The topological polar surface area (TPSA) is 70.4 Å². The minimum Gasteiger partial charge on any atom is -0.383 e. The normalized spacial score (nSPS) is 11.9. The Bertz CT molecular complexity index is 618. The van der Waals surface area contributed by atoms with Crippen molar-refractivity contribution in [2.75, 3.05) is 26.8 Å². The zero-order valence-electron chi connectivity index (χ0n) is 13.0. The van der Waals surface area contributed by atoms with Gasteiger partial charge in [0, 0.05) is 20.2 Å². The highest BCUT2D eigenvalue weighted by Gasteiger charge is 2.25. The van der Waals surface area contributed by atoms with Gasteiger partial charge in [0.1, 0.15) is 0 Å². The maximum atomic E-state index is 12.7. The van der Waals surface area contributed by atoms with E-state index in [1.54, 1.807) is 26.2 Å².